The van der Waals surface area contributed by atoms with Gasteiger partial charge in [0.25, 0.3) is 0 Å². The topological polar surface area (TPSA) is 20.2 Å². The second-order valence-electron chi connectivity index (χ2n) is 7.71. The third kappa shape index (κ3) is 17.8. The van der Waals surface area contributed by atoms with E-state index in [1.54, 1.807) is 0 Å². The standard InChI is InChI=1S/C20H40OSi/c1-5-6-7-8-9-10-11-12-13-14-15-16-17-20(21)18-19-22(2,3)4/h20-21H,5-17H2,1-4H3. The van der Waals surface area contributed by atoms with E-state index in [0.29, 0.717) is 0 Å². The van der Waals surface area contributed by atoms with Gasteiger partial charge < -0.3 is 5.11 Å². The zero-order valence-electron chi connectivity index (χ0n) is 15.7. The zero-order chi connectivity index (χ0) is 16.7. The van der Waals surface area contributed by atoms with Gasteiger partial charge in [0.15, 0.2) is 0 Å². The molecule has 0 aromatic rings. The molecule has 0 radical (unpaired) electrons. The Bertz CT molecular complexity index is 295. The lowest BCUT2D eigenvalue weighted by atomic mass is 10.0. The molecule has 0 saturated heterocycles. The van der Waals surface area contributed by atoms with Crippen LogP contribution in [0.5, 0.6) is 0 Å². The molecule has 0 aliphatic carbocycles. The van der Waals surface area contributed by atoms with Gasteiger partial charge >= 0.3 is 0 Å². The molecule has 0 rings (SSSR count). The second-order valence-corrected chi connectivity index (χ2v) is 12.5. The summed E-state index contributed by atoms with van der Waals surface area (Å²) in [5, 5.41) is 9.82. The summed E-state index contributed by atoms with van der Waals surface area (Å²) in [7, 11) is -1.33. The molecule has 0 amide bonds. The maximum absolute atomic E-state index is 9.82. The van der Waals surface area contributed by atoms with Crippen molar-refractivity contribution >= 4 is 8.07 Å². The number of aliphatic hydroxyl groups excluding tert-OH is 1. The number of rotatable bonds is 13. The Morgan fingerprint density at radius 3 is 1.55 bits per heavy atom. The van der Waals surface area contributed by atoms with Crippen LogP contribution < -0.4 is 0 Å². The number of hydrogen-bond donors (Lipinski definition) is 1. The van der Waals surface area contributed by atoms with E-state index < -0.39 is 14.2 Å². The van der Waals surface area contributed by atoms with Crippen molar-refractivity contribution in [3.63, 3.8) is 0 Å². The Morgan fingerprint density at radius 2 is 1.14 bits per heavy atom. The zero-order valence-corrected chi connectivity index (χ0v) is 16.7. The summed E-state index contributed by atoms with van der Waals surface area (Å²) in [6, 6.07) is 0. The van der Waals surface area contributed by atoms with Gasteiger partial charge in [-0.3, -0.25) is 0 Å². The molecule has 0 aromatic heterocycles. The van der Waals surface area contributed by atoms with Crippen LogP contribution in [0.25, 0.3) is 0 Å². The summed E-state index contributed by atoms with van der Waals surface area (Å²) in [6.45, 7) is 8.93. The Labute approximate surface area is 141 Å². The fraction of sp³-hybridized carbons (Fsp3) is 0.900. The van der Waals surface area contributed by atoms with Crippen molar-refractivity contribution in [3.8, 4) is 11.5 Å². The average molecular weight is 325 g/mol. The molecule has 1 atom stereocenters. The highest BCUT2D eigenvalue weighted by molar-refractivity contribution is 6.83. The first kappa shape index (κ1) is 21.7. The number of hydrogen-bond acceptors (Lipinski definition) is 1. The van der Waals surface area contributed by atoms with Crippen LogP contribution in [0, 0.1) is 11.5 Å². The van der Waals surface area contributed by atoms with Gasteiger partial charge in [0, 0.05) is 0 Å². The van der Waals surface area contributed by atoms with Crippen LogP contribution in [0.3, 0.4) is 0 Å². The lowest BCUT2D eigenvalue weighted by molar-refractivity contribution is 0.217. The molecule has 0 aromatic carbocycles. The summed E-state index contributed by atoms with van der Waals surface area (Å²) in [4.78, 5) is 0. The van der Waals surface area contributed by atoms with E-state index in [1.165, 1.54) is 70.6 Å². The third-order valence-electron chi connectivity index (χ3n) is 3.94. The van der Waals surface area contributed by atoms with Gasteiger partial charge in [-0.2, -0.15) is 0 Å². The van der Waals surface area contributed by atoms with Crippen molar-refractivity contribution in [1.29, 1.82) is 0 Å². The molecule has 0 saturated carbocycles. The van der Waals surface area contributed by atoms with E-state index in [9.17, 15) is 5.11 Å². The fourth-order valence-electron chi connectivity index (χ4n) is 2.55. The van der Waals surface area contributed by atoms with E-state index >= 15 is 0 Å². The van der Waals surface area contributed by atoms with Gasteiger partial charge in [-0.15, -0.1) is 5.54 Å². The molecule has 0 fully saturated rings. The SMILES string of the molecule is CCCCCCCCCCCCCCC(O)C#C[Si](C)(C)C. The van der Waals surface area contributed by atoms with Gasteiger partial charge in [-0.25, -0.2) is 0 Å². The van der Waals surface area contributed by atoms with Gasteiger partial charge in [0.2, 0.25) is 0 Å². The number of unbranched alkanes of at least 4 members (excludes halogenated alkanes) is 11. The quantitative estimate of drug-likeness (QED) is 0.239. The van der Waals surface area contributed by atoms with Gasteiger partial charge in [-0.1, -0.05) is 103 Å². The molecule has 1 nitrogen and oxygen atoms in total. The highest BCUT2D eigenvalue weighted by Crippen LogP contribution is 2.13. The largest absolute Gasteiger partial charge is 0.380 e. The monoisotopic (exact) mass is 324 g/mol. The molecule has 22 heavy (non-hydrogen) atoms. The smallest absolute Gasteiger partial charge is 0.129 e. The van der Waals surface area contributed by atoms with E-state index in [2.05, 4.69) is 38.0 Å². The van der Waals surface area contributed by atoms with E-state index in [0.717, 1.165) is 12.8 Å². The molecule has 1 N–H and O–H groups in total. The fourth-order valence-corrected chi connectivity index (χ4v) is 3.15. The lowest BCUT2D eigenvalue weighted by Crippen LogP contribution is -2.17. The normalized spacial score (nSPS) is 12.8. The molecule has 0 heterocycles. The summed E-state index contributed by atoms with van der Waals surface area (Å²) in [6.07, 6.45) is 16.8. The van der Waals surface area contributed by atoms with Crippen LogP contribution in [-0.2, 0) is 0 Å². The summed E-state index contributed by atoms with van der Waals surface area (Å²) >= 11 is 0. The van der Waals surface area contributed by atoms with Gasteiger partial charge in [0.05, 0.1) is 0 Å². The van der Waals surface area contributed by atoms with Crippen molar-refractivity contribution in [3.05, 3.63) is 0 Å². The molecule has 130 valence electrons. The summed E-state index contributed by atoms with van der Waals surface area (Å²) in [5.41, 5.74) is 3.25. The summed E-state index contributed by atoms with van der Waals surface area (Å²) < 4.78 is 0. The summed E-state index contributed by atoms with van der Waals surface area (Å²) in [5.74, 6) is 3.03. The van der Waals surface area contributed by atoms with Crippen molar-refractivity contribution < 1.29 is 5.11 Å². The van der Waals surface area contributed by atoms with Gasteiger partial charge in [-0.05, 0) is 12.8 Å². The van der Waals surface area contributed by atoms with E-state index in [1.807, 2.05) is 0 Å². The molecule has 0 bridgehead atoms. The Morgan fingerprint density at radius 1 is 0.727 bits per heavy atom. The lowest BCUT2D eigenvalue weighted by Gasteiger charge is -2.07. The van der Waals surface area contributed by atoms with E-state index in [-0.39, 0.29) is 0 Å². The minimum Gasteiger partial charge on any atom is -0.380 e. The first-order valence-corrected chi connectivity index (χ1v) is 13.2. The second kappa shape index (κ2) is 14.3. The van der Waals surface area contributed by atoms with Crippen LogP contribution in [-0.4, -0.2) is 19.3 Å². The Balaban J connectivity index is 3.28. The molecule has 0 spiro atoms. The predicted molar refractivity (Wildman–Crippen MR) is 103 cm³/mol. The first-order valence-electron chi connectivity index (χ1n) is 9.66. The number of aliphatic hydroxyl groups is 1. The van der Waals surface area contributed by atoms with Crippen molar-refractivity contribution in [2.75, 3.05) is 0 Å². The first-order chi connectivity index (χ1) is 10.5. The van der Waals surface area contributed by atoms with Crippen molar-refractivity contribution in [1.82, 2.24) is 0 Å². The Hall–Kier alpha value is -0.263. The average Bonchev–Trinajstić information content (AvgIpc) is 2.45. The maximum atomic E-state index is 9.82. The predicted octanol–water partition coefficient (Wildman–Crippen LogP) is 6.32. The van der Waals surface area contributed by atoms with Crippen LogP contribution in [0.15, 0.2) is 0 Å². The third-order valence-corrected chi connectivity index (χ3v) is 4.84. The molecule has 1 unspecified atom stereocenters. The molecule has 0 aliphatic heterocycles. The van der Waals surface area contributed by atoms with E-state index in [4.69, 9.17) is 0 Å². The minimum absolute atomic E-state index is 0.394. The maximum Gasteiger partial charge on any atom is 0.129 e. The van der Waals surface area contributed by atoms with Crippen molar-refractivity contribution in [2.24, 2.45) is 0 Å². The van der Waals surface area contributed by atoms with Gasteiger partial charge in [0.1, 0.15) is 14.2 Å². The highest BCUT2D eigenvalue weighted by Gasteiger charge is 2.08. The van der Waals surface area contributed by atoms with Crippen LogP contribution in [0.1, 0.15) is 90.4 Å². The van der Waals surface area contributed by atoms with Crippen molar-refractivity contribution in [2.45, 2.75) is 116 Å². The van der Waals surface area contributed by atoms with Crippen LogP contribution >= 0.6 is 0 Å². The molecular formula is C20H40OSi. The molecular weight excluding hydrogens is 284 g/mol. The molecule has 2 heteroatoms. The minimum atomic E-state index is -1.33. The molecule has 0 aliphatic rings. The Kier molecular flexibility index (Phi) is 14.2. The van der Waals surface area contributed by atoms with Crippen LogP contribution in [0.4, 0.5) is 0 Å². The van der Waals surface area contributed by atoms with Crippen LogP contribution in [0.2, 0.25) is 19.6 Å². The highest BCUT2D eigenvalue weighted by atomic mass is 28.3.